The molecule has 0 bridgehead atoms. The van der Waals surface area contributed by atoms with Crippen LogP contribution in [0.2, 0.25) is 0 Å². The maximum atomic E-state index is 12.0. The Morgan fingerprint density at radius 2 is 1.95 bits per heavy atom. The number of rotatable bonds is 5. The summed E-state index contributed by atoms with van der Waals surface area (Å²) in [5.41, 5.74) is 0.503. The summed E-state index contributed by atoms with van der Waals surface area (Å²) >= 11 is 0. The lowest BCUT2D eigenvalue weighted by molar-refractivity contribution is -0.143. The van der Waals surface area contributed by atoms with Crippen LogP contribution in [-0.4, -0.2) is 40.9 Å². The average Bonchev–Trinajstić information content (AvgIpc) is 2.48. The fourth-order valence-electron chi connectivity index (χ4n) is 2.34. The van der Waals surface area contributed by atoms with Gasteiger partial charge in [-0.25, -0.2) is 4.79 Å². The monoisotopic (exact) mass is 290 g/mol. The zero-order chi connectivity index (χ0) is 15.2. The molecule has 1 aromatic carbocycles. The molecular weight excluding hydrogens is 272 g/mol. The minimum Gasteiger partial charge on any atom is -0.479 e. The van der Waals surface area contributed by atoms with E-state index >= 15 is 0 Å². The van der Waals surface area contributed by atoms with Gasteiger partial charge in [0.2, 0.25) is 11.8 Å². The number of hydrogen-bond acceptors (Lipinski definition) is 3. The van der Waals surface area contributed by atoms with Crippen molar-refractivity contribution in [2.24, 2.45) is 0 Å². The summed E-state index contributed by atoms with van der Waals surface area (Å²) in [5.74, 6) is -1.64. The van der Waals surface area contributed by atoms with Gasteiger partial charge in [-0.15, -0.1) is 0 Å². The van der Waals surface area contributed by atoms with Crippen molar-refractivity contribution in [3.05, 3.63) is 35.9 Å². The first-order valence-electron chi connectivity index (χ1n) is 6.93. The lowest BCUT2D eigenvalue weighted by Gasteiger charge is -2.26. The predicted molar refractivity (Wildman–Crippen MR) is 75.4 cm³/mol. The molecule has 0 radical (unpaired) electrons. The van der Waals surface area contributed by atoms with Crippen LogP contribution in [0.1, 0.15) is 30.9 Å². The van der Waals surface area contributed by atoms with Crippen LogP contribution >= 0.6 is 0 Å². The van der Waals surface area contributed by atoms with E-state index in [1.165, 1.54) is 4.90 Å². The van der Waals surface area contributed by atoms with Crippen LogP contribution in [0.25, 0.3) is 0 Å². The molecule has 1 heterocycles. The van der Waals surface area contributed by atoms with Gasteiger partial charge in [0.05, 0.1) is 6.54 Å². The second kappa shape index (κ2) is 6.88. The minimum atomic E-state index is -1.13. The summed E-state index contributed by atoms with van der Waals surface area (Å²) in [4.78, 5) is 36.4. The number of aliphatic carboxylic acids is 1. The van der Waals surface area contributed by atoms with Gasteiger partial charge in [0, 0.05) is 13.0 Å². The Labute approximate surface area is 122 Å². The van der Waals surface area contributed by atoms with E-state index in [-0.39, 0.29) is 12.5 Å². The number of carboxylic acid groups (broad SMARTS) is 1. The molecule has 0 saturated carbocycles. The molecule has 0 spiro atoms. The third kappa shape index (κ3) is 4.05. The van der Waals surface area contributed by atoms with Gasteiger partial charge in [0.1, 0.15) is 0 Å². The fourth-order valence-corrected chi connectivity index (χ4v) is 2.34. The quantitative estimate of drug-likeness (QED) is 0.845. The van der Waals surface area contributed by atoms with Crippen molar-refractivity contribution in [2.75, 3.05) is 13.1 Å². The zero-order valence-electron chi connectivity index (χ0n) is 11.6. The van der Waals surface area contributed by atoms with Gasteiger partial charge in [0.15, 0.2) is 6.04 Å². The summed E-state index contributed by atoms with van der Waals surface area (Å²) in [6, 6.07) is 7.39. The van der Waals surface area contributed by atoms with Crippen molar-refractivity contribution in [1.82, 2.24) is 10.2 Å². The van der Waals surface area contributed by atoms with Crippen LogP contribution in [0.4, 0.5) is 0 Å². The second-order valence-electron chi connectivity index (χ2n) is 5.02. The SMILES string of the molecule is O=C(CN1CCCCC1=O)N[C@@H](C(=O)O)c1ccccc1. The summed E-state index contributed by atoms with van der Waals surface area (Å²) in [7, 11) is 0. The van der Waals surface area contributed by atoms with E-state index in [1.807, 2.05) is 0 Å². The number of nitrogens with one attached hydrogen (secondary N) is 1. The number of carboxylic acids is 1. The first-order valence-corrected chi connectivity index (χ1v) is 6.93. The Morgan fingerprint density at radius 1 is 1.24 bits per heavy atom. The highest BCUT2D eigenvalue weighted by atomic mass is 16.4. The predicted octanol–water partition coefficient (Wildman–Crippen LogP) is 0.941. The molecule has 1 atom stereocenters. The number of carbonyl (C=O) groups is 3. The average molecular weight is 290 g/mol. The normalized spacial score (nSPS) is 16.4. The number of hydrogen-bond donors (Lipinski definition) is 2. The van der Waals surface area contributed by atoms with E-state index in [0.29, 0.717) is 18.5 Å². The lowest BCUT2D eigenvalue weighted by atomic mass is 10.1. The van der Waals surface area contributed by atoms with Gasteiger partial charge >= 0.3 is 5.97 Å². The van der Waals surface area contributed by atoms with Crippen LogP contribution in [0.15, 0.2) is 30.3 Å². The van der Waals surface area contributed by atoms with Crippen LogP contribution in [0.3, 0.4) is 0 Å². The Balaban J connectivity index is 1.99. The molecule has 2 amide bonds. The highest BCUT2D eigenvalue weighted by Gasteiger charge is 2.25. The first-order chi connectivity index (χ1) is 10.1. The molecule has 1 aliphatic rings. The van der Waals surface area contributed by atoms with Gasteiger partial charge in [-0.1, -0.05) is 30.3 Å². The van der Waals surface area contributed by atoms with Gasteiger partial charge < -0.3 is 15.3 Å². The van der Waals surface area contributed by atoms with Crippen molar-refractivity contribution in [1.29, 1.82) is 0 Å². The summed E-state index contributed by atoms with van der Waals surface area (Å²) in [5, 5.41) is 11.7. The molecule has 0 aliphatic carbocycles. The number of nitrogens with zero attached hydrogens (tertiary/aromatic N) is 1. The molecular formula is C15H18N2O4. The maximum absolute atomic E-state index is 12.0. The van der Waals surface area contributed by atoms with Gasteiger partial charge in [-0.2, -0.15) is 0 Å². The zero-order valence-corrected chi connectivity index (χ0v) is 11.6. The molecule has 6 heteroatoms. The Morgan fingerprint density at radius 3 is 2.57 bits per heavy atom. The number of likely N-dealkylation sites (tertiary alicyclic amines) is 1. The van der Waals surface area contributed by atoms with Crippen molar-refractivity contribution in [2.45, 2.75) is 25.3 Å². The number of benzene rings is 1. The molecule has 2 rings (SSSR count). The Hall–Kier alpha value is -2.37. The topological polar surface area (TPSA) is 86.7 Å². The van der Waals surface area contributed by atoms with Gasteiger partial charge in [-0.05, 0) is 18.4 Å². The number of carbonyl (C=O) groups excluding carboxylic acids is 2. The molecule has 0 unspecified atom stereocenters. The summed E-state index contributed by atoms with van der Waals surface area (Å²) in [6.07, 6.45) is 2.17. The molecule has 21 heavy (non-hydrogen) atoms. The smallest absolute Gasteiger partial charge is 0.330 e. The first kappa shape index (κ1) is 15.0. The largest absolute Gasteiger partial charge is 0.479 e. The third-order valence-electron chi connectivity index (χ3n) is 3.44. The summed E-state index contributed by atoms with van der Waals surface area (Å²) in [6.45, 7) is 0.463. The number of amides is 2. The number of piperidine rings is 1. The summed E-state index contributed by atoms with van der Waals surface area (Å²) < 4.78 is 0. The van der Waals surface area contributed by atoms with Crippen molar-refractivity contribution in [3.8, 4) is 0 Å². The van der Waals surface area contributed by atoms with Crippen LogP contribution < -0.4 is 5.32 Å². The molecule has 1 fully saturated rings. The molecule has 1 saturated heterocycles. The van der Waals surface area contributed by atoms with E-state index in [9.17, 15) is 19.5 Å². The standard InChI is InChI=1S/C15H18N2O4/c18-12(10-17-9-5-4-8-13(17)19)16-14(15(20)21)11-6-2-1-3-7-11/h1-3,6-7,14H,4-5,8-10H2,(H,16,18)(H,20,21)/t14-/m1/s1. The van der Waals surface area contributed by atoms with E-state index in [2.05, 4.69) is 5.32 Å². The molecule has 0 aromatic heterocycles. The van der Waals surface area contributed by atoms with Gasteiger partial charge in [-0.3, -0.25) is 9.59 Å². The van der Waals surface area contributed by atoms with E-state index in [0.717, 1.165) is 12.8 Å². The molecule has 6 nitrogen and oxygen atoms in total. The maximum Gasteiger partial charge on any atom is 0.330 e. The van der Waals surface area contributed by atoms with Crippen molar-refractivity contribution >= 4 is 17.8 Å². The van der Waals surface area contributed by atoms with E-state index < -0.39 is 17.9 Å². The molecule has 2 N–H and O–H groups in total. The Bertz CT molecular complexity index is 530. The lowest BCUT2D eigenvalue weighted by Crippen LogP contribution is -2.45. The molecule has 112 valence electrons. The van der Waals surface area contributed by atoms with Crippen LogP contribution in [0, 0.1) is 0 Å². The van der Waals surface area contributed by atoms with Crippen molar-refractivity contribution in [3.63, 3.8) is 0 Å². The van der Waals surface area contributed by atoms with E-state index in [1.54, 1.807) is 30.3 Å². The second-order valence-corrected chi connectivity index (χ2v) is 5.02. The Kier molecular flexibility index (Phi) is 4.92. The van der Waals surface area contributed by atoms with Crippen molar-refractivity contribution < 1.29 is 19.5 Å². The fraction of sp³-hybridized carbons (Fsp3) is 0.400. The van der Waals surface area contributed by atoms with Crippen LogP contribution in [-0.2, 0) is 14.4 Å². The molecule has 1 aliphatic heterocycles. The van der Waals surface area contributed by atoms with E-state index in [4.69, 9.17) is 0 Å². The minimum absolute atomic E-state index is 0.0528. The highest BCUT2D eigenvalue weighted by Crippen LogP contribution is 2.14. The molecule has 1 aromatic rings. The van der Waals surface area contributed by atoms with Crippen LogP contribution in [0.5, 0.6) is 0 Å². The highest BCUT2D eigenvalue weighted by molar-refractivity contribution is 5.88. The third-order valence-corrected chi connectivity index (χ3v) is 3.44. The van der Waals surface area contributed by atoms with Gasteiger partial charge in [0.25, 0.3) is 0 Å².